The first-order valence-corrected chi connectivity index (χ1v) is 6.46. The number of carbonyl (C=O) groups excluding carboxylic acids is 1. The molecule has 0 aromatic heterocycles. The van der Waals surface area contributed by atoms with Crippen LogP contribution >= 0.6 is 8.16 Å². The molecule has 0 saturated heterocycles. The predicted octanol–water partition coefficient (Wildman–Crippen LogP) is 4.50. The second-order valence-electron chi connectivity index (χ2n) is 3.54. The van der Waals surface area contributed by atoms with E-state index in [-0.39, 0.29) is 14.1 Å². The third-order valence-electron chi connectivity index (χ3n) is 2.22. The Kier molecular flexibility index (Phi) is 7.06. The van der Waals surface area contributed by atoms with Gasteiger partial charge in [-0.2, -0.15) is 0 Å². The van der Waals surface area contributed by atoms with Crippen LogP contribution in [0.2, 0.25) is 0 Å². The number of hydrogen-bond acceptors (Lipinski definition) is 4. The maximum absolute atomic E-state index is 11.6. The maximum atomic E-state index is 11.6. The van der Waals surface area contributed by atoms with Gasteiger partial charge in [0.05, 0.1) is 5.56 Å². The van der Waals surface area contributed by atoms with Crippen LogP contribution in [0.15, 0.2) is 60.7 Å². The quantitative estimate of drug-likeness (QED) is 0.638. The van der Waals surface area contributed by atoms with Gasteiger partial charge in [-0.25, -0.2) is 4.79 Å². The molecule has 19 heavy (non-hydrogen) atoms. The molecule has 0 aliphatic rings. The molecule has 0 amide bonds. The molecule has 5 heteroatoms. The van der Waals surface area contributed by atoms with Crippen molar-refractivity contribution >= 4 is 14.1 Å². The van der Waals surface area contributed by atoms with Crippen molar-refractivity contribution < 1.29 is 9.53 Å². The number of ether oxygens (including phenoxy) is 1. The first-order valence-electron chi connectivity index (χ1n) is 5.57. The SMILES string of the molecule is N=[P+]=N.O=C(OCc1ccccc1)c1ccccc1. The second kappa shape index (κ2) is 8.95. The summed E-state index contributed by atoms with van der Waals surface area (Å²) in [7, 11) is -0.0833. The molecule has 0 radical (unpaired) electrons. The van der Waals surface area contributed by atoms with Gasteiger partial charge in [-0.1, -0.05) is 48.5 Å². The summed E-state index contributed by atoms with van der Waals surface area (Å²) in [6.45, 7) is 0.314. The minimum atomic E-state index is -0.288. The summed E-state index contributed by atoms with van der Waals surface area (Å²) in [6, 6.07) is 18.6. The van der Waals surface area contributed by atoms with E-state index < -0.39 is 0 Å². The van der Waals surface area contributed by atoms with Gasteiger partial charge in [0.2, 0.25) is 0 Å². The number of hydrogen-bond donors (Lipinski definition) is 2. The molecular formula is C14H14N2O2P+. The number of rotatable bonds is 3. The van der Waals surface area contributed by atoms with Crippen molar-refractivity contribution in [1.29, 1.82) is 10.3 Å². The summed E-state index contributed by atoms with van der Waals surface area (Å²) in [5.74, 6) is -0.288. The van der Waals surface area contributed by atoms with Crippen LogP contribution in [-0.2, 0) is 11.3 Å². The summed E-state index contributed by atoms with van der Waals surface area (Å²) < 4.78 is 5.18. The number of esters is 1. The first kappa shape index (κ1) is 15.0. The molecule has 0 bridgehead atoms. The second-order valence-corrected chi connectivity index (χ2v) is 3.76. The van der Waals surface area contributed by atoms with E-state index in [2.05, 4.69) is 0 Å². The predicted molar refractivity (Wildman–Crippen MR) is 74.4 cm³/mol. The molecule has 4 nitrogen and oxygen atoms in total. The summed E-state index contributed by atoms with van der Waals surface area (Å²) in [5, 5.41) is 11.7. The molecule has 0 aliphatic carbocycles. The topological polar surface area (TPSA) is 74.0 Å². The van der Waals surface area contributed by atoms with Crippen LogP contribution in [0.3, 0.4) is 0 Å². The largest absolute Gasteiger partial charge is 0.457 e. The van der Waals surface area contributed by atoms with Crippen LogP contribution in [0.4, 0.5) is 0 Å². The Morgan fingerprint density at radius 2 is 1.42 bits per heavy atom. The molecule has 96 valence electrons. The van der Waals surface area contributed by atoms with Crippen LogP contribution in [0.5, 0.6) is 0 Å². The van der Waals surface area contributed by atoms with E-state index in [4.69, 9.17) is 15.1 Å². The van der Waals surface area contributed by atoms with Gasteiger partial charge in [-0.3, -0.25) is 0 Å². The third-order valence-corrected chi connectivity index (χ3v) is 2.22. The van der Waals surface area contributed by atoms with Crippen LogP contribution < -0.4 is 0 Å². The van der Waals surface area contributed by atoms with E-state index in [1.165, 1.54) is 0 Å². The summed E-state index contributed by atoms with van der Waals surface area (Å²) in [5.41, 5.74) is 1.57. The van der Waals surface area contributed by atoms with Gasteiger partial charge < -0.3 is 4.74 Å². The monoisotopic (exact) mass is 273 g/mol. The standard InChI is InChI=1S/C14H12O2.H2N2P/c15-14(13-9-5-2-6-10-13)16-11-12-7-3-1-4-8-12;1-3-2/h1-10H,11H2;1-2H/q;+1. The Balaban J connectivity index is 0.000000550. The van der Waals surface area contributed by atoms with Crippen molar-refractivity contribution in [2.75, 3.05) is 0 Å². The van der Waals surface area contributed by atoms with Gasteiger partial charge in [0.15, 0.2) is 0 Å². The van der Waals surface area contributed by atoms with Crippen molar-refractivity contribution in [2.45, 2.75) is 6.61 Å². The zero-order chi connectivity index (χ0) is 13.9. The van der Waals surface area contributed by atoms with Crippen molar-refractivity contribution in [3.05, 3.63) is 71.8 Å². The zero-order valence-corrected chi connectivity index (χ0v) is 11.1. The normalized spacial score (nSPS) is 8.84. The molecular weight excluding hydrogens is 259 g/mol. The molecule has 2 N–H and O–H groups in total. The molecule has 2 rings (SSSR count). The van der Waals surface area contributed by atoms with E-state index in [0.29, 0.717) is 12.2 Å². The smallest absolute Gasteiger partial charge is 0.338 e. The van der Waals surface area contributed by atoms with Gasteiger partial charge in [-0.05, 0) is 17.7 Å². The van der Waals surface area contributed by atoms with Crippen molar-refractivity contribution in [3.8, 4) is 0 Å². The third kappa shape index (κ3) is 5.89. The minimum Gasteiger partial charge on any atom is -0.457 e. The Labute approximate surface area is 113 Å². The van der Waals surface area contributed by atoms with E-state index in [9.17, 15) is 4.79 Å². The first-order chi connectivity index (χ1) is 9.27. The van der Waals surface area contributed by atoms with Gasteiger partial charge in [-0.15, -0.1) is 0 Å². The Bertz CT molecular complexity index is 538. The van der Waals surface area contributed by atoms with Gasteiger partial charge in [0, 0.05) is 0 Å². The van der Waals surface area contributed by atoms with Crippen LogP contribution in [0, 0.1) is 10.3 Å². The Morgan fingerprint density at radius 1 is 0.947 bits per heavy atom. The fraction of sp³-hybridized carbons (Fsp3) is 0.0714. The number of carbonyl (C=O) groups is 1. The van der Waals surface area contributed by atoms with E-state index in [1.807, 2.05) is 48.5 Å². The molecule has 0 atom stereocenters. The van der Waals surface area contributed by atoms with E-state index >= 15 is 0 Å². The van der Waals surface area contributed by atoms with E-state index in [1.54, 1.807) is 12.1 Å². The van der Waals surface area contributed by atoms with Gasteiger partial charge in [0.25, 0.3) is 0 Å². The molecule has 0 heterocycles. The minimum absolute atomic E-state index is 0.0833. The molecule has 2 aromatic carbocycles. The number of nitrogens with one attached hydrogen (secondary N) is 2. The molecule has 0 saturated carbocycles. The summed E-state index contributed by atoms with van der Waals surface area (Å²) >= 11 is 0. The van der Waals surface area contributed by atoms with Crippen LogP contribution in [0.25, 0.3) is 0 Å². The molecule has 2 aromatic rings. The fourth-order valence-electron chi connectivity index (χ4n) is 1.38. The van der Waals surface area contributed by atoms with Crippen LogP contribution in [-0.4, -0.2) is 5.97 Å². The average Bonchev–Trinajstić information content (AvgIpc) is 2.47. The van der Waals surface area contributed by atoms with Crippen molar-refractivity contribution in [3.63, 3.8) is 0 Å². The number of benzene rings is 2. The molecule has 0 unspecified atom stereocenters. The summed E-state index contributed by atoms with van der Waals surface area (Å²) in [6.07, 6.45) is 0. The zero-order valence-electron chi connectivity index (χ0n) is 10.2. The average molecular weight is 273 g/mol. The molecule has 0 spiro atoms. The summed E-state index contributed by atoms with van der Waals surface area (Å²) in [4.78, 5) is 11.6. The molecule has 0 aliphatic heterocycles. The van der Waals surface area contributed by atoms with Gasteiger partial charge in [0.1, 0.15) is 6.61 Å². The maximum Gasteiger partial charge on any atom is 0.338 e. The van der Waals surface area contributed by atoms with Gasteiger partial charge >= 0.3 is 24.5 Å². The van der Waals surface area contributed by atoms with Crippen molar-refractivity contribution in [2.24, 2.45) is 0 Å². The molecule has 0 fully saturated rings. The fourth-order valence-corrected chi connectivity index (χ4v) is 1.38. The van der Waals surface area contributed by atoms with Crippen molar-refractivity contribution in [1.82, 2.24) is 0 Å². The van der Waals surface area contributed by atoms with E-state index in [0.717, 1.165) is 5.56 Å². The Hall–Kier alpha value is -2.06. The van der Waals surface area contributed by atoms with Crippen LogP contribution in [0.1, 0.15) is 15.9 Å². The Morgan fingerprint density at radius 3 is 1.95 bits per heavy atom.